The van der Waals surface area contributed by atoms with Crippen molar-refractivity contribution in [2.45, 2.75) is 33.4 Å². The molecule has 0 saturated carbocycles. The topological polar surface area (TPSA) is 41.6 Å². The van der Waals surface area contributed by atoms with Crippen LogP contribution in [0.2, 0.25) is 5.02 Å². The van der Waals surface area contributed by atoms with Crippen LogP contribution in [0.15, 0.2) is 18.2 Å². The molecule has 1 aromatic carbocycles. The van der Waals surface area contributed by atoms with Gasteiger partial charge in [0.2, 0.25) is 5.91 Å². The summed E-state index contributed by atoms with van der Waals surface area (Å²) in [5.41, 5.74) is 0.985. The Morgan fingerprint density at radius 1 is 1.45 bits per heavy atom. The van der Waals surface area contributed by atoms with E-state index < -0.39 is 0 Å². The Bertz CT molecular complexity index is 449. The largest absolute Gasteiger partial charge is 0.496 e. The molecule has 0 unspecified atom stereocenters. The van der Waals surface area contributed by atoms with Crippen LogP contribution < -0.4 is 10.1 Å². The summed E-state index contributed by atoms with van der Waals surface area (Å²) in [7, 11) is 1.63. The van der Waals surface area contributed by atoms with E-state index in [0.717, 1.165) is 17.9 Å². The van der Waals surface area contributed by atoms with Crippen LogP contribution in [0, 0.1) is 0 Å². The molecular formula is C15H23ClN2O2. The van der Waals surface area contributed by atoms with Crippen molar-refractivity contribution in [3.8, 4) is 5.75 Å². The molecule has 0 spiro atoms. The van der Waals surface area contributed by atoms with Crippen LogP contribution >= 0.6 is 11.6 Å². The Balaban J connectivity index is 2.73. The van der Waals surface area contributed by atoms with Gasteiger partial charge in [-0.15, -0.1) is 0 Å². The Morgan fingerprint density at radius 3 is 2.70 bits per heavy atom. The smallest absolute Gasteiger partial charge is 0.234 e. The van der Waals surface area contributed by atoms with Gasteiger partial charge in [-0.25, -0.2) is 0 Å². The van der Waals surface area contributed by atoms with E-state index in [9.17, 15) is 4.79 Å². The normalized spacial score (nSPS) is 10.9. The van der Waals surface area contributed by atoms with Crippen LogP contribution in [-0.4, -0.2) is 37.0 Å². The second-order valence-electron chi connectivity index (χ2n) is 4.98. The van der Waals surface area contributed by atoms with Crippen LogP contribution in [0.25, 0.3) is 0 Å². The summed E-state index contributed by atoms with van der Waals surface area (Å²) in [4.78, 5) is 13.9. The zero-order valence-electron chi connectivity index (χ0n) is 12.6. The summed E-state index contributed by atoms with van der Waals surface area (Å²) in [6, 6.07) is 5.68. The van der Waals surface area contributed by atoms with E-state index in [0.29, 0.717) is 18.1 Å². The van der Waals surface area contributed by atoms with E-state index in [1.54, 1.807) is 13.2 Å². The predicted molar refractivity (Wildman–Crippen MR) is 82.2 cm³/mol. The highest BCUT2D eigenvalue weighted by atomic mass is 35.5. The zero-order valence-corrected chi connectivity index (χ0v) is 13.3. The molecular weight excluding hydrogens is 276 g/mol. The average molecular weight is 299 g/mol. The van der Waals surface area contributed by atoms with E-state index in [4.69, 9.17) is 16.3 Å². The third-order valence-corrected chi connectivity index (χ3v) is 3.14. The van der Waals surface area contributed by atoms with Gasteiger partial charge in [-0.2, -0.15) is 0 Å². The SMILES string of the molecule is CCN(CC(=O)NC(C)C)Cc1cc(Cl)ccc1OC. The molecule has 0 aliphatic carbocycles. The molecule has 0 aliphatic rings. The number of nitrogens with one attached hydrogen (secondary N) is 1. The lowest BCUT2D eigenvalue weighted by Gasteiger charge is -2.22. The Morgan fingerprint density at radius 2 is 2.15 bits per heavy atom. The third-order valence-electron chi connectivity index (χ3n) is 2.90. The second kappa shape index (κ2) is 8.12. The minimum Gasteiger partial charge on any atom is -0.496 e. The van der Waals surface area contributed by atoms with Gasteiger partial charge in [0.15, 0.2) is 0 Å². The fraction of sp³-hybridized carbons (Fsp3) is 0.533. The second-order valence-corrected chi connectivity index (χ2v) is 5.42. The Kier molecular flexibility index (Phi) is 6.82. The lowest BCUT2D eigenvalue weighted by Crippen LogP contribution is -2.39. The monoisotopic (exact) mass is 298 g/mol. The molecule has 5 heteroatoms. The molecule has 0 aliphatic heterocycles. The fourth-order valence-corrected chi connectivity index (χ4v) is 2.16. The minimum absolute atomic E-state index is 0.0304. The maximum atomic E-state index is 11.8. The van der Waals surface area contributed by atoms with Gasteiger partial charge >= 0.3 is 0 Å². The molecule has 1 rings (SSSR count). The molecule has 1 aromatic rings. The lowest BCUT2D eigenvalue weighted by atomic mass is 10.2. The number of carbonyl (C=O) groups is 1. The summed E-state index contributed by atoms with van der Waals surface area (Å²) in [6.45, 7) is 7.71. The number of amides is 1. The molecule has 1 N–H and O–H groups in total. The van der Waals surface area contributed by atoms with Crippen molar-refractivity contribution in [1.82, 2.24) is 10.2 Å². The first-order valence-electron chi connectivity index (χ1n) is 6.80. The lowest BCUT2D eigenvalue weighted by molar-refractivity contribution is -0.122. The van der Waals surface area contributed by atoms with E-state index in [1.807, 2.05) is 37.8 Å². The first kappa shape index (κ1) is 16.8. The van der Waals surface area contributed by atoms with Gasteiger partial charge in [-0.05, 0) is 38.6 Å². The van der Waals surface area contributed by atoms with E-state index >= 15 is 0 Å². The van der Waals surface area contributed by atoms with Crippen molar-refractivity contribution in [2.75, 3.05) is 20.2 Å². The van der Waals surface area contributed by atoms with Crippen molar-refractivity contribution in [1.29, 1.82) is 0 Å². The molecule has 0 radical (unpaired) electrons. The first-order valence-corrected chi connectivity index (χ1v) is 7.18. The van der Waals surface area contributed by atoms with Crippen LogP contribution in [0.1, 0.15) is 26.3 Å². The van der Waals surface area contributed by atoms with Crippen molar-refractivity contribution in [3.05, 3.63) is 28.8 Å². The number of likely N-dealkylation sites (N-methyl/N-ethyl adjacent to an activating group) is 1. The maximum absolute atomic E-state index is 11.8. The van der Waals surface area contributed by atoms with Crippen molar-refractivity contribution in [3.63, 3.8) is 0 Å². The van der Waals surface area contributed by atoms with Gasteiger partial charge in [-0.1, -0.05) is 18.5 Å². The number of benzene rings is 1. The summed E-state index contributed by atoms with van der Waals surface area (Å²) in [5, 5.41) is 3.57. The van der Waals surface area contributed by atoms with Gasteiger partial charge in [0.1, 0.15) is 5.75 Å². The summed E-state index contributed by atoms with van der Waals surface area (Å²) >= 11 is 6.02. The molecule has 0 heterocycles. The number of hydrogen-bond donors (Lipinski definition) is 1. The van der Waals surface area contributed by atoms with Gasteiger partial charge in [-0.3, -0.25) is 9.69 Å². The van der Waals surface area contributed by atoms with Gasteiger partial charge < -0.3 is 10.1 Å². The van der Waals surface area contributed by atoms with Crippen LogP contribution in [-0.2, 0) is 11.3 Å². The van der Waals surface area contributed by atoms with E-state index in [1.165, 1.54) is 0 Å². The molecule has 0 bridgehead atoms. The molecule has 112 valence electrons. The van der Waals surface area contributed by atoms with Gasteiger partial charge in [0.05, 0.1) is 13.7 Å². The number of nitrogens with zero attached hydrogens (tertiary/aromatic N) is 1. The van der Waals surface area contributed by atoms with Crippen molar-refractivity contribution < 1.29 is 9.53 Å². The molecule has 0 saturated heterocycles. The number of ether oxygens (including phenoxy) is 1. The number of carbonyl (C=O) groups excluding carboxylic acids is 1. The highest BCUT2D eigenvalue weighted by Gasteiger charge is 2.13. The fourth-order valence-electron chi connectivity index (χ4n) is 1.96. The highest BCUT2D eigenvalue weighted by molar-refractivity contribution is 6.30. The van der Waals surface area contributed by atoms with Crippen molar-refractivity contribution in [2.24, 2.45) is 0 Å². The predicted octanol–water partition coefficient (Wildman–Crippen LogP) is 2.70. The number of halogens is 1. The van der Waals surface area contributed by atoms with E-state index in [-0.39, 0.29) is 11.9 Å². The molecule has 0 fully saturated rings. The van der Waals surface area contributed by atoms with Gasteiger partial charge in [0, 0.05) is 23.2 Å². The zero-order chi connectivity index (χ0) is 15.1. The van der Waals surface area contributed by atoms with Crippen LogP contribution in [0.5, 0.6) is 5.75 Å². The molecule has 1 amide bonds. The summed E-state index contributed by atoms with van der Waals surface area (Å²) in [6.07, 6.45) is 0. The standard InChI is InChI=1S/C15H23ClN2O2/c1-5-18(10-15(19)17-11(2)3)9-12-8-13(16)6-7-14(12)20-4/h6-8,11H,5,9-10H2,1-4H3,(H,17,19). The molecule has 0 atom stereocenters. The van der Waals surface area contributed by atoms with Crippen LogP contribution in [0.4, 0.5) is 0 Å². The first-order chi connectivity index (χ1) is 9.46. The molecule has 20 heavy (non-hydrogen) atoms. The Hall–Kier alpha value is -1.26. The van der Waals surface area contributed by atoms with Crippen LogP contribution in [0.3, 0.4) is 0 Å². The maximum Gasteiger partial charge on any atom is 0.234 e. The third kappa shape index (κ3) is 5.39. The van der Waals surface area contributed by atoms with Crippen molar-refractivity contribution >= 4 is 17.5 Å². The Labute approximate surface area is 126 Å². The highest BCUT2D eigenvalue weighted by Crippen LogP contribution is 2.23. The van der Waals surface area contributed by atoms with E-state index in [2.05, 4.69) is 5.32 Å². The number of methoxy groups -OCH3 is 1. The number of hydrogen-bond acceptors (Lipinski definition) is 3. The molecule has 4 nitrogen and oxygen atoms in total. The average Bonchev–Trinajstić information content (AvgIpc) is 2.37. The van der Waals surface area contributed by atoms with Gasteiger partial charge in [0.25, 0.3) is 0 Å². The number of rotatable bonds is 7. The summed E-state index contributed by atoms with van der Waals surface area (Å²) in [5.74, 6) is 0.819. The quantitative estimate of drug-likeness (QED) is 0.841. The molecule has 0 aromatic heterocycles. The minimum atomic E-state index is 0.0304. The summed E-state index contributed by atoms with van der Waals surface area (Å²) < 4.78 is 5.33.